The van der Waals surface area contributed by atoms with Gasteiger partial charge < -0.3 is 0 Å². The van der Waals surface area contributed by atoms with E-state index in [1.807, 2.05) is 18.2 Å². The molecule has 2 aromatic rings. The number of sulfonamides is 1. The topological polar surface area (TPSA) is 37.4 Å². The van der Waals surface area contributed by atoms with Crippen molar-refractivity contribution >= 4 is 26.0 Å². The van der Waals surface area contributed by atoms with E-state index in [-0.39, 0.29) is 5.92 Å². The maximum Gasteiger partial charge on any atom is 0.243 e. The van der Waals surface area contributed by atoms with Crippen molar-refractivity contribution in [3.63, 3.8) is 0 Å². The first kappa shape index (κ1) is 16.7. The highest BCUT2D eigenvalue weighted by molar-refractivity contribution is 9.10. The highest BCUT2D eigenvalue weighted by atomic mass is 79.9. The molecule has 1 saturated heterocycles. The van der Waals surface area contributed by atoms with E-state index in [0.29, 0.717) is 18.0 Å². The molecule has 0 amide bonds. The van der Waals surface area contributed by atoms with Gasteiger partial charge in [-0.3, -0.25) is 0 Å². The van der Waals surface area contributed by atoms with Crippen LogP contribution in [0, 0.1) is 0 Å². The molecule has 0 bridgehead atoms. The van der Waals surface area contributed by atoms with E-state index in [1.54, 1.807) is 28.6 Å². The van der Waals surface area contributed by atoms with E-state index in [0.717, 1.165) is 23.7 Å². The lowest BCUT2D eigenvalue weighted by Crippen LogP contribution is -2.34. The van der Waals surface area contributed by atoms with Crippen molar-refractivity contribution in [1.29, 1.82) is 0 Å². The van der Waals surface area contributed by atoms with E-state index in [9.17, 15) is 8.42 Å². The van der Waals surface area contributed by atoms with Crippen molar-refractivity contribution in [3.05, 3.63) is 64.6 Å². The van der Waals surface area contributed by atoms with Crippen molar-refractivity contribution in [1.82, 2.24) is 4.31 Å². The third-order valence-corrected chi connectivity index (χ3v) is 6.76. The zero-order valence-electron chi connectivity index (χ0n) is 12.9. The van der Waals surface area contributed by atoms with Crippen molar-refractivity contribution in [2.45, 2.75) is 30.1 Å². The minimum atomic E-state index is -3.43. The molecule has 2 aromatic carbocycles. The summed E-state index contributed by atoms with van der Waals surface area (Å²) in [6.07, 6.45) is 3.02. The van der Waals surface area contributed by atoms with Gasteiger partial charge >= 0.3 is 0 Å². The Bertz CT molecular complexity index is 744. The third-order valence-electron chi connectivity index (χ3n) is 4.36. The quantitative estimate of drug-likeness (QED) is 0.774. The zero-order chi connectivity index (χ0) is 16.3. The Morgan fingerprint density at radius 1 is 0.957 bits per heavy atom. The predicted octanol–water partition coefficient (Wildman–Crippen LogP) is 4.41. The van der Waals surface area contributed by atoms with Gasteiger partial charge in [0.25, 0.3) is 0 Å². The molecule has 0 spiro atoms. The molecular formula is C18H20BrNO2S. The highest BCUT2D eigenvalue weighted by Gasteiger charge is 2.29. The number of hydrogen-bond donors (Lipinski definition) is 0. The van der Waals surface area contributed by atoms with Crippen LogP contribution in [-0.4, -0.2) is 25.8 Å². The van der Waals surface area contributed by atoms with Crippen molar-refractivity contribution in [3.8, 4) is 0 Å². The summed E-state index contributed by atoms with van der Waals surface area (Å²) in [5.41, 5.74) is 1.23. The van der Waals surface area contributed by atoms with Crippen LogP contribution in [0.15, 0.2) is 64.0 Å². The van der Waals surface area contributed by atoms with Crippen LogP contribution in [0.5, 0.6) is 0 Å². The van der Waals surface area contributed by atoms with Gasteiger partial charge in [-0.2, -0.15) is 4.31 Å². The fourth-order valence-electron chi connectivity index (χ4n) is 3.08. The van der Waals surface area contributed by atoms with E-state index in [2.05, 4.69) is 28.1 Å². The molecule has 5 heteroatoms. The minimum absolute atomic E-state index is 0.268. The van der Waals surface area contributed by atoms with Gasteiger partial charge in [-0.1, -0.05) is 52.7 Å². The first-order valence-corrected chi connectivity index (χ1v) is 10.1. The summed E-state index contributed by atoms with van der Waals surface area (Å²) in [6, 6.07) is 17.1. The Balaban J connectivity index is 1.87. The summed E-state index contributed by atoms with van der Waals surface area (Å²) in [6.45, 7) is 1.16. The van der Waals surface area contributed by atoms with Crippen LogP contribution in [0.1, 0.15) is 30.7 Å². The first-order valence-electron chi connectivity index (χ1n) is 7.88. The van der Waals surface area contributed by atoms with Crippen LogP contribution in [-0.2, 0) is 10.0 Å². The van der Waals surface area contributed by atoms with Crippen LogP contribution in [0.4, 0.5) is 0 Å². The van der Waals surface area contributed by atoms with Crippen LogP contribution in [0.2, 0.25) is 0 Å². The second-order valence-corrected chi connectivity index (χ2v) is 8.77. The van der Waals surface area contributed by atoms with Gasteiger partial charge in [-0.25, -0.2) is 8.42 Å². The Kier molecular flexibility index (Phi) is 5.19. The summed E-state index contributed by atoms with van der Waals surface area (Å²) in [5, 5.41) is 0. The van der Waals surface area contributed by atoms with E-state index in [1.165, 1.54) is 5.56 Å². The smallest absolute Gasteiger partial charge is 0.207 e. The van der Waals surface area contributed by atoms with Gasteiger partial charge in [0.2, 0.25) is 10.0 Å². The van der Waals surface area contributed by atoms with Crippen LogP contribution < -0.4 is 0 Å². The maximum absolute atomic E-state index is 12.9. The summed E-state index contributed by atoms with van der Waals surface area (Å²) in [4.78, 5) is 0.370. The van der Waals surface area contributed by atoms with Crippen LogP contribution >= 0.6 is 15.9 Å². The van der Waals surface area contributed by atoms with Crippen LogP contribution in [0.25, 0.3) is 0 Å². The number of nitrogens with zero attached hydrogens (tertiary/aromatic N) is 1. The van der Waals surface area contributed by atoms with Crippen LogP contribution in [0.3, 0.4) is 0 Å². The normalized spacial score (nSPS) is 20.1. The molecular weight excluding hydrogens is 374 g/mol. The van der Waals surface area contributed by atoms with Gasteiger partial charge in [0.1, 0.15) is 0 Å². The van der Waals surface area contributed by atoms with Crippen molar-refractivity contribution in [2.24, 2.45) is 0 Å². The molecule has 3 rings (SSSR count). The third kappa shape index (κ3) is 3.84. The average molecular weight is 394 g/mol. The molecule has 1 aliphatic heterocycles. The number of benzene rings is 2. The largest absolute Gasteiger partial charge is 0.243 e. The van der Waals surface area contributed by atoms with E-state index in [4.69, 9.17) is 0 Å². The van der Waals surface area contributed by atoms with E-state index < -0.39 is 10.0 Å². The van der Waals surface area contributed by atoms with Gasteiger partial charge in [0.05, 0.1) is 4.90 Å². The molecule has 0 aliphatic carbocycles. The summed E-state index contributed by atoms with van der Waals surface area (Å²) in [5.74, 6) is 0.268. The van der Waals surface area contributed by atoms with Gasteiger partial charge in [0, 0.05) is 17.6 Å². The number of halogens is 1. The monoisotopic (exact) mass is 393 g/mol. The maximum atomic E-state index is 12.9. The summed E-state index contributed by atoms with van der Waals surface area (Å²) < 4.78 is 28.4. The second kappa shape index (κ2) is 7.16. The molecule has 0 N–H and O–H groups in total. The summed E-state index contributed by atoms with van der Waals surface area (Å²) in [7, 11) is -3.43. The molecule has 1 aliphatic rings. The molecule has 122 valence electrons. The molecule has 1 unspecified atom stereocenters. The van der Waals surface area contributed by atoms with Gasteiger partial charge in [0.15, 0.2) is 0 Å². The standard InChI is InChI=1S/C18H20BrNO2S/c19-17-9-11-18(12-10-17)23(21,22)20-13-5-4-8-16(14-20)15-6-2-1-3-7-15/h1-3,6-7,9-12,16H,4-5,8,13-14H2. The Hall–Kier alpha value is -1.17. The average Bonchev–Trinajstić information content (AvgIpc) is 2.83. The molecule has 1 atom stereocenters. The Morgan fingerprint density at radius 2 is 1.65 bits per heavy atom. The molecule has 0 radical (unpaired) electrons. The molecule has 0 aromatic heterocycles. The predicted molar refractivity (Wildman–Crippen MR) is 95.9 cm³/mol. The molecule has 1 fully saturated rings. The number of hydrogen-bond acceptors (Lipinski definition) is 2. The fraction of sp³-hybridized carbons (Fsp3) is 0.333. The molecule has 23 heavy (non-hydrogen) atoms. The lowest BCUT2D eigenvalue weighted by molar-refractivity contribution is 0.406. The Morgan fingerprint density at radius 3 is 2.35 bits per heavy atom. The van der Waals surface area contributed by atoms with Crippen molar-refractivity contribution < 1.29 is 8.42 Å². The molecule has 1 heterocycles. The first-order chi connectivity index (χ1) is 11.1. The summed E-state index contributed by atoms with van der Waals surface area (Å²) >= 11 is 3.35. The lowest BCUT2D eigenvalue weighted by Gasteiger charge is -2.24. The van der Waals surface area contributed by atoms with Gasteiger partial charge in [-0.05, 0) is 48.6 Å². The van der Waals surface area contributed by atoms with Crippen molar-refractivity contribution in [2.75, 3.05) is 13.1 Å². The Labute approximate surface area is 146 Å². The zero-order valence-corrected chi connectivity index (χ0v) is 15.3. The fourth-order valence-corrected chi connectivity index (χ4v) is 4.87. The molecule has 0 saturated carbocycles. The lowest BCUT2D eigenvalue weighted by atomic mass is 9.95. The minimum Gasteiger partial charge on any atom is -0.207 e. The van der Waals surface area contributed by atoms with E-state index >= 15 is 0 Å². The molecule has 3 nitrogen and oxygen atoms in total. The highest BCUT2D eigenvalue weighted by Crippen LogP contribution is 2.29. The number of rotatable bonds is 3. The van der Waals surface area contributed by atoms with Gasteiger partial charge in [-0.15, -0.1) is 0 Å². The second-order valence-electron chi connectivity index (χ2n) is 5.92. The SMILES string of the molecule is O=S(=O)(c1ccc(Br)cc1)N1CCCCC(c2ccccc2)C1.